The van der Waals surface area contributed by atoms with Crippen molar-refractivity contribution in [1.82, 2.24) is 9.62 Å². The Bertz CT molecular complexity index is 524. The van der Waals surface area contributed by atoms with Crippen LogP contribution in [-0.4, -0.2) is 46.1 Å². The van der Waals surface area contributed by atoms with E-state index in [4.69, 9.17) is 4.74 Å². The van der Waals surface area contributed by atoms with Gasteiger partial charge in [-0.2, -0.15) is 0 Å². The SMILES string of the molecule is CC(C)OCCNC(C)c1ccc(S(=O)(=O)N(C)C)cc1. The highest BCUT2D eigenvalue weighted by Crippen LogP contribution is 2.17. The molecule has 0 amide bonds. The lowest BCUT2D eigenvalue weighted by Gasteiger charge is -2.16. The topological polar surface area (TPSA) is 58.6 Å². The number of sulfonamides is 1. The first kappa shape index (κ1) is 18.1. The molecule has 1 atom stereocenters. The van der Waals surface area contributed by atoms with Crippen LogP contribution in [0.5, 0.6) is 0 Å². The van der Waals surface area contributed by atoms with E-state index in [2.05, 4.69) is 5.32 Å². The summed E-state index contributed by atoms with van der Waals surface area (Å²) >= 11 is 0. The molecule has 0 aromatic heterocycles. The van der Waals surface area contributed by atoms with Gasteiger partial charge in [0.15, 0.2) is 0 Å². The van der Waals surface area contributed by atoms with Gasteiger partial charge in [-0.3, -0.25) is 0 Å². The zero-order valence-corrected chi connectivity index (χ0v) is 14.3. The number of nitrogens with zero attached hydrogens (tertiary/aromatic N) is 1. The molecule has 0 aliphatic rings. The summed E-state index contributed by atoms with van der Waals surface area (Å²) in [4.78, 5) is 0.312. The average molecular weight is 314 g/mol. The van der Waals surface area contributed by atoms with Crippen LogP contribution in [0.25, 0.3) is 0 Å². The fourth-order valence-electron chi connectivity index (χ4n) is 1.83. The normalized spacial score (nSPS) is 13.9. The molecule has 1 aromatic rings. The molecule has 5 nitrogen and oxygen atoms in total. The van der Waals surface area contributed by atoms with E-state index in [1.54, 1.807) is 12.1 Å². The maximum Gasteiger partial charge on any atom is 0.242 e. The van der Waals surface area contributed by atoms with Gasteiger partial charge in [0, 0.05) is 26.7 Å². The number of ether oxygens (including phenoxy) is 1. The lowest BCUT2D eigenvalue weighted by atomic mass is 10.1. The van der Waals surface area contributed by atoms with Crippen LogP contribution in [0.15, 0.2) is 29.2 Å². The molecule has 1 N–H and O–H groups in total. The van der Waals surface area contributed by atoms with E-state index >= 15 is 0 Å². The summed E-state index contributed by atoms with van der Waals surface area (Å²) in [5, 5.41) is 3.35. The number of nitrogens with one attached hydrogen (secondary N) is 1. The van der Waals surface area contributed by atoms with Gasteiger partial charge >= 0.3 is 0 Å². The Balaban J connectivity index is 2.62. The minimum Gasteiger partial charge on any atom is -0.377 e. The summed E-state index contributed by atoms with van der Waals surface area (Å²) in [5.74, 6) is 0. The Morgan fingerprint density at radius 3 is 2.19 bits per heavy atom. The molecule has 120 valence electrons. The molecule has 1 aromatic carbocycles. The number of hydrogen-bond acceptors (Lipinski definition) is 4. The zero-order chi connectivity index (χ0) is 16.0. The maximum atomic E-state index is 12.0. The van der Waals surface area contributed by atoms with Crippen LogP contribution in [0, 0.1) is 0 Å². The molecule has 0 saturated heterocycles. The van der Waals surface area contributed by atoms with Gasteiger partial charge < -0.3 is 10.1 Å². The van der Waals surface area contributed by atoms with Crippen LogP contribution in [-0.2, 0) is 14.8 Å². The Morgan fingerprint density at radius 1 is 1.14 bits per heavy atom. The molecule has 0 heterocycles. The van der Waals surface area contributed by atoms with Gasteiger partial charge in [0.05, 0.1) is 17.6 Å². The second kappa shape index (κ2) is 7.89. The molecule has 21 heavy (non-hydrogen) atoms. The summed E-state index contributed by atoms with van der Waals surface area (Å²) in [5.41, 5.74) is 1.05. The van der Waals surface area contributed by atoms with Crippen molar-refractivity contribution in [2.24, 2.45) is 0 Å². The van der Waals surface area contributed by atoms with Crippen LogP contribution >= 0.6 is 0 Å². The van der Waals surface area contributed by atoms with Gasteiger partial charge in [0.25, 0.3) is 0 Å². The largest absolute Gasteiger partial charge is 0.377 e. The van der Waals surface area contributed by atoms with Crippen LogP contribution in [0.3, 0.4) is 0 Å². The standard InChI is InChI=1S/C15H26N2O3S/c1-12(2)20-11-10-16-13(3)14-6-8-15(9-7-14)21(18,19)17(4)5/h6-9,12-13,16H,10-11H2,1-5H3. The van der Waals surface area contributed by atoms with E-state index in [9.17, 15) is 8.42 Å². The van der Waals surface area contributed by atoms with Gasteiger partial charge in [-0.25, -0.2) is 12.7 Å². The summed E-state index contributed by atoms with van der Waals surface area (Å²) in [6.45, 7) is 7.48. The molecular weight excluding hydrogens is 288 g/mol. The predicted octanol–water partition coefficient (Wildman–Crippen LogP) is 2.01. The van der Waals surface area contributed by atoms with Crippen LogP contribution in [0.2, 0.25) is 0 Å². The molecule has 0 bridgehead atoms. The van der Waals surface area contributed by atoms with Crippen molar-refractivity contribution in [2.45, 2.75) is 37.8 Å². The fourth-order valence-corrected chi connectivity index (χ4v) is 2.73. The van der Waals surface area contributed by atoms with Crippen molar-refractivity contribution in [1.29, 1.82) is 0 Å². The number of hydrogen-bond donors (Lipinski definition) is 1. The smallest absolute Gasteiger partial charge is 0.242 e. The monoisotopic (exact) mass is 314 g/mol. The number of rotatable bonds is 8. The summed E-state index contributed by atoms with van der Waals surface area (Å²) in [7, 11) is -0.297. The zero-order valence-electron chi connectivity index (χ0n) is 13.5. The Hall–Kier alpha value is -0.950. The lowest BCUT2D eigenvalue weighted by Crippen LogP contribution is -2.25. The van der Waals surface area contributed by atoms with Gasteiger partial charge in [-0.1, -0.05) is 12.1 Å². The van der Waals surface area contributed by atoms with Gasteiger partial charge in [-0.15, -0.1) is 0 Å². The van der Waals surface area contributed by atoms with Gasteiger partial charge in [-0.05, 0) is 38.5 Å². The third-order valence-corrected chi connectivity index (χ3v) is 4.99. The third kappa shape index (κ3) is 5.39. The molecule has 1 unspecified atom stereocenters. The van der Waals surface area contributed by atoms with E-state index in [1.807, 2.05) is 32.9 Å². The highest BCUT2D eigenvalue weighted by Gasteiger charge is 2.17. The summed E-state index contributed by atoms with van der Waals surface area (Å²) in [6, 6.07) is 7.13. The minimum absolute atomic E-state index is 0.150. The van der Waals surface area contributed by atoms with E-state index in [0.29, 0.717) is 11.5 Å². The molecule has 0 aliphatic carbocycles. The Morgan fingerprint density at radius 2 is 1.71 bits per heavy atom. The Kier molecular flexibility index (Phi) is 6.80. The van der Waals surface area contributed by atoms with Gasteiger partial charge in [0.1, 0.15) is 0 Å². The molecule has 0 aliphatic heterocycles. The Labute approximate surface area is 128 Å². The summed E-state index contributed by atoms with van der Waals surface area (Å²) < 4.78 is 30.6. The lowest BCUT2D eigenvalue weighted by molar-refractivity contribution is 0.0796. The number of benzene rings is 1. The van der Waals surface area contributed by atoms with Crippen LogP contribution in [0.1, 0.15) is 32.4 Å². The minimum atomic E-state index is -3.36. The van der Waals surface area contributed by atoms with Crippen molar-refractivity contribution < 1.29 is 13.2 Å². The highest BCUT2D eigenvalue weighted by molar-refractivity contribution is 7.89. The fraction of sp³-hybridized carbons (Fsp3) is 0.600. The molecule has 6 heteroatoms. The molecule has 0 spiro atoms. The second-order valence-electron chi connectivity index (χ2n) is 5.45. The first-order valence-electron chi connectivity index (χ1n) is 7.12. The van der Waals surface area contributed by atoms with Crippen molar-refractivity contribution in [3.63, 3.8) is 0 Å². The van der Waals surface area contributed by atoms with Crippen LogP contribution in [0.4, 0.5) is 0 Å². The van der Waals surface area contributed by atoms with Crippen molar-refractivity contribution >= 4 is 10.0 Å². The van der Waals surface area contributed by atoms with E-state index in [1.165, 1.54) is 18.4 Å². The van der Waals surface area contributed by atoms with Crippen molar-refractivity contribution in [2.75, 3.05) is 27.2 Å². The first-order chi connectivity index (χ1) is 9.75. The highest BCUT2D eigenvalue weighted by atomic mass is 32.2. The predicted molar refractivity (Wildman–Crippen MR) is 84.8 cm³/mol. The van der Waals surface area contributed by atoms with Crippen LogP contribution < -0.4 is 5.32 Å². The molecule has 1 rings (SSSR count). The molecule has 0 radical (unpaired) electrons. The summed E-state index contributed by atoms with van der Waals surface area (Å²) in [6.07, 6.45) is 0.234. The first-order valence-corrected chi connectivity index (χ1v) is 8.56. The quantitative estimate of drug-likeness (QED) is 0.746. The maximum absolute atomic E-state index is 12.0. The molecular formula is C15H26N2O3S. The van der Waals surface area contributed by atoms with Crippen molar-refractivity contribution in [3.05, 3.63) is 29.8 Å². The average Bonchev–Trinajstić information content (AvgIpc) is 2.43. The third-order valence-electron chi connectivity index (χ3n) is 3.16. The van der Waals surface area contributed by atoms with Crippen molar-refractivity contribution in [3.8, 4) is 0 Å². The van der Waals surface area contributed by atoms with E-state index in [-0.39, 0.29) is 12.1 Å². The van der Waals surface area contributed by atoms with Gasteiger partial charge in [0.2, 0.25) is 10.0 Å². The molecule has 0 fully saturated rings. The van der Waals surface area contributed by atoms with E-state index in [0.717, 1.165) is 12.1 Å². The van der Waals surface area contributed by atoms with E-state index < -0.39 is 10.0 Å². The molecule has 0 saturated carbocycles. The second-order valence-corrected chi connectivity index (χ2v) is 7.60.